The van der Waals surface area contributed by atoms with E-state index in [1.165, 1.54) is 19.2 Å². The summed E-state index contributed by atoms with van der Waals surface area (Å²) in [5.74, 6) is -3.87. The van der Waals surface area contributed by atoms with Gasteiger partial charge in [0, 0.05) is 11.1 Å². The third-order valence-electron chi connectivity index (χ3n) is 6.05. The van der Waals surface area contributed by atoms with E-state index in [1.807, 2.05) is 19.1 Å². The normalized spacial score (nSPS) is 11.0. The average molecular weight is 465 g/mol. The first-order chi connectivity index (χ1) is 16.4. The summed E-state index contributed by atoms with van der Waals surface area (Å²) in [6, 6.07) is 20.4. The lowest BCUT2D eigenvalue weighted by atomic mass is 9.97. The van der Waals surface area contributed by atoms with Gasteiger partial charge in [-0.3, -0.25) is 0 Å². The van der Waals surface area contributed by atoms with Gasteiger partial charge >= 0.3 is 0 Å². The first-order valence-electron chi connectivity index (χ1n) is 11.1. The Morgan fingerprint density at radius 3 is 1.65 bits per heavy atom. The van der Waals surface area contributed by atoms with Crippen LogP contribution in [0, 0.1) is 23.3 Å². The summed E-state index contributed by atoms with van der Waals surface area (Å²) >= 11 is 0. The van der Waals surface area contributed by atoms with Crippen molar-refractivity contribution in [2.24, 2.45) is 0 Å². The highest BCUT2D eigenvalue weighted by molar-refractivity contribution is 5.66. The van der Waals surface area contributed by atoms with Crippen molar-refractivity contribution >= 4 is 0 Å². The Balaban J connectivity index is 1.48. The molecule has 5 heteroatoms. The van der Waals surface area contributed by atoms with Crippen LogP contribution in [0.1, 0.15) is 23.6 Å². The number of methoxy groups -OCH3 is 1. The van der Waals surface area contributed by atoms with Crippen LogP contribution in [0.5, 0.6) is 5.75 Å². The third-order valence-corrected chi connectivity index (χ3v) is 6.05. The second kappa shape index (κ2) is 10.1. The van der Waals surface area contributed by atoms with Crippen molar-refractivity contribution < 1.29 is 22.3 Å². The minimum atomic E-state index is -1.04. The minimum absolute atomic E-state index is 0.125. The molecule has 174 valence electrons. The summed E-state index contributed by atoms with van der Waals surface area (Å²) in [6.45, 7) is 2.04. The molecule has 0 atom stereocenters. The van der Waals surface area contributed by atoms with Gasteiger partial charge in [-0.25, -0.2) is 13.2 Å². The van der Waals surface area contributed by atoms with Crippen molar-refractivity contribution in [2.45, 2.75) is 26.2 Å². The predicted octanol–water partition coefficient (Wildman–Crippen LogP) is 7.93. The molecule has 34 heavy (non-hydrogen) atoms. The van der Waals surface area contributed by atoms with E-state index in [0.717, 1.165) is 17.5 Å². The molecule has 4 aromatic rings. The molecule has 0 spiro atoms. The second-order valence-electron chi connectivity index (χ2n) is 8.09. The van der Waals surface area contributed by atoms with Gasteiger partial charge in [0.15, 0.2) is 23.2 Å². The Kier molecular flexibility index (Phi) is 7.01. The van der Waals surface area contributed by atoms with E-state index in [1.54, 1.807) is 48.5 Å². The fraction of sp³-hybridized carbons (Fsp3) is 0.172. The largest absolute Gasteiger partial charge is 0.494 e. The van der Waals surface area contributed by atoms with Crippen LogP contribution in [0.15, 0.2) is 72.8 Å². The van der Waals surface area contributed by atoms with Crippen molar-refractivity contribution in [3.8, 4) is 28.0 Å². The van der Waals surface area contributed by atoms with E-state index in [2.05, 4.69) is 0 Å². The van der Waals surface area contributed by atoms with Gasteiger partial charge in [0.05, 0.1) is 7.11 Å². The van der Waals surface area contributed by atoms with Crippen LogP contribution in [0.25, 0.3) is 22.3 Å². The molecule has 0 aliphatic rings. The molecule has 0 heterocycles. The fourth-order valence-corrected chi connectivity index (χ4v) is 3.97. The zero-order chi connectivity index (χ0) is 24.2. The lowest BCUT2D eigenvalue weighted by Gasteiger charge is -2.11. The number of aryl methyl sites for hydroxylation is 3. The molecular formula is C29H24F4O. The molecule has 0 aliphatic heterocycles. The topological polar surface area (TPSA) is 9.23 Å². The standard InChI is InChI=1S/C29H24F4O/c1-3-18-4-9-20(10-5-18)23-15-14-22(26(30)27(23)31)13-8-19-6-11-21(12-7-19)24-16-17-25(34-2)29(33)28(24)32/h4-7,9-12,14-17H,3,8,13H2,1-2H3. The van der Waals surface area contributed by atoms with E-state index in [9.17, 15) is 17.6 Å². The van der Waals surface area contributed by atoms with Gasteiger partial charge in [0.1, 0.15) is 0 Å². The van der Waals surface area contributed by atoms with Crippen molar-refractivity contribution in [3.05, 3.63) is 113 Å². The molecule has 4 rings (SSSR count). The number of halogens is 4. The van der Waals surface area contributed by atoms with Crippen molar-refractivity contribution in [3.63, 3.8) is 0 Å². The zero-order valence-corrected chi connectivity index (χ0v) is 19.0. The molecule has 0 fully saturated rings. The zero-order valence-electron chi connectivity index (χ0n) is 19.0. The molecule has 0 saturated carbocycles. The van der Waals surface area contributed by atoms with Crippen molar-refractivity contribution in [2.75, 3.05) is 7.11 Å². The smallest absolute Gasteiger partial charge is 0.201 e. The lowest BCUT2D eigenvalue weighted by Crippen LogP contribution is -2.00. The number of hydrogen-bond acceptors (Lipinski definition) is 1. The SMILES string of the molecule is CCc1ccc(-c2ccc(CCc3ccc(-c4ccc(OC)c(F)c4F)cc3)c(F)c2F)cc1. The van der Waals surface area contributed by atoms with Crippen molar-refractivity contribution in [1.82, 2.24) is 0 Å². The van der Waals surface area contributed by atoms with Gasteiger partial charge in [-0.1, -0.05) is 67.6 Å². The molecule has 0 aromatic heterocycles. The maximum absolute atomic E-state index is 14.8. The van der Waals surface area contributed by atoms with Crippen LogP contribution in [0.4, 0.5) is 17.6 Å². The summed E-state index contributed by atoms with van der Waals surface area (Å²) < 4.78 is 62.7. The van der Waals surface area contributed by atoms with E-state index in [-0.39, 0.29) is 16.9 Å². The average Bonchev–Trinajstić information content (AvgIpc) is 2.87. The third kappa shape index (κ3) is 4.69. The predicted molar refractivity (Wildman–Crippen MR) is 127 cm³/mol. The number of rotatable bonds is 7. The first kappa shape index (κ1) is 23.6. The van der Waals surface area contributed by atoms with Gasteiger partial charge in [-0.05, 0) is 59.2 Å². The summed E-state index contributed by atoms with van der Waals surface area (Å²) in [4.78, 5) is 0. The maximum Gasteiger partial charge on any atom is 0.201 e. The van der Waals surface area contributed by atoms with Crippen LogP contribution in [-0.2, 0) is 19.3 Å². The Morgan fingerprint density at radius 1 is 0.559 bits per heavy atom. The van der Waals surface area contributed by atoms with Crippen LogP contribution < -0.4 is 4.74 Å². The molecule has 0 bridgehead atoms. The van der Waals surface area contributed by atoms with Crippen LogP contribution in [0.2, 0.25) is 0 Å². The summed E-state index contributed by atoms with van der Waals surface area (Å²) in [5.41, 5.74) is 3.81. The van der Waals surface area contributed by atoms with Crippen LogP contribution >= 0.6 is 0 Å². The molecule has 0 amide bonds. The molecular weight excluding hydrogens is 440 g/mol. The minimum Gasteiger partial charge on any atom is -0.494 e. The van der Waals surface area contributed by atoms with Gasteiger partial charge in [-0.2, -0.15) is 4.39 Å². The Labute approximate surface area is 196 Å². The Hall–Kier alpha value is -3.60. The summed E-state index contributed by atoms with van der Waals surface area (Å²) in [7, 11) is 1.28. The molecule has 0 saturated heterocycles. The van der Waals surface area contributed by atoms with Gasteiger partial charge in [-0.15, -0.1) is 0 Å². The molecule has 1 nitrogen and oxygen atoms in total. The highest BCUT2D eigenvalue weighted by Gasteiger charge is 2.16. The van der Waals surface area contributed by atoms with E-state index < -0.39 is 23.3 Å². The quantitative estimate of drug-likeness (QED) is 0.252. The highest BCUT2D eigenvalue weighted by atomic mass is 19.2. The van der Waals surface area contributed by atoms with E-state index in [0.29, 0.717) is 29.5 Å². The maximum atomic E-state index is 14.8. The van der Waals surface area contributed by atoms with Crippen LogP contribution in [0.3, 0.4) is 0 Å². The molecule has 0 radical (unpaired) electrons. The second-order valence-corrected chi connectivity index (χ2v) is 8.09. The van der Waals surface area contributed by atoms with E-state index in [4.69, 9.17) is 4.74 Å². The van der Waals surface area contributed by atoms with Gasteiger partial charge < -0.3 is 4.74 Å². The molecule has 0 aliphatic carbocycles. The molecule has 0 unspecified atom stereocenters. The Bertz CT molecular complexity index is 1300. The Morgan fingerprint density at radius 2 is 1.09 bits per heavy atom. The fourth-order valence-electron chi connectivity index (χ4n) is 3.97. The lowest BCUT2D eigenvalue weighted by molar-refractivity contribution is 0.372. The molecule has 4 aromatic carbocycles. The van der Waals surface area contributed by atoms with Crippen LogP contribution in [-0.4, -0.2) is 7.11 Å². The number of hydrogen-bond donors (Lipinski definition) is 0. The first-order valence-corrected chi connectivity index (χ1v) is 11.1. The summed E-state index contributed by atoms with van der Waals surface area (Å²) in [6.07, 6.45) is 1.66. The summed E-state index contributed by atoms with van der Waals surface area (Å²) in [5, 5.41) is 0. The van der Waals surface area contributed by atoms with E-state index >= 15 is 0 Å². The number of benzene rings is 4. The highest BCUT2D eigenvalue weighted by Crippen LogP contribution is 2.31. The van der Waals surface area contributed by atoms with Crippen molar-refractivity contribution in [1.29, 1.82) is 0 Å². The van der Waals surface area contributed by atoms with Gasteiger partial charge in [0.2, 0.25) is 5.82 Å². The molecule has 0 N–H and O–H groups in total. The number of ether oxygens (including phenoxy) is 1. The van der Waals surface area contributed by atoms with Gasteiger partial charge in [0.25, 0.3) is 0 Å². The monoisotopic (exact) mass is 464 g/mol.